The molecule has 0 aliphatic rings. The molecule has 0 spiro atoms. The fourth-order valence-electron chi connectivity index (χ4n) is 2.78. The summed E-state index contributed by atoms with van der Waals surface area (Å²) < 4.78 is 43.9. The molecule has 0 aliphatic carbocycles. The van der Waals surface area contributed by atoms with Crippen LogP contribution >= 0.6 is 11.8 Å². The molecule has 0 saturated heterocycles. The number of methoxy groups -OCH3 is 2. The van der Waals surface area contributed by atoms with Crippen LogP contribution in [0.3, 0.4) is 0 Å². The summed E-state index contributed by atoms with van der Waals surface area (Å²) in [6, 6.07) is 11.0. The Labute approximate surface area is 184 Å². The summed E-state index contributed by atoms with van der Waals surface area (Å²) in [5.41, 5.74) is 1.13. The van der Waals surface area contributed by atoms with E-state index in [1.807, 2.05) is 6.92 Å². The van der Waals surface area contributed by atoms with E-state index < -0.39 is 10.0 Å². The normalized spacial score (nSPS) is 12.5. The lowest BCUT2D eigenvalue weighted by atomic mass is 10.3. The summed E-state index contributed by atoms with van der Waals surface area (Å²) in [5, 5.41) is 3.07. The largest absolute Gasteiger partial charge is 0.495 e. The summed E-state index contributed by atoms with van der Waals surface area (Å²) in [6.07, 6.45) is 0. The minimum atomic E-state index is -3.87. The lowest BCUT2D eigenvalue weighted by molar-refractivity contribution is -0.119. The van der Waals surface area contributed by atoms with Crippen molar-refractivity contribution < 1.29 is 27.1 Å². The van der Waals surface area contributed by atoms with E-state index in [4.69, 9.17) is 13.9 Å². The average molecular weight is 466 g/mol. The number of nitrogens with zero attached hydrogens (tertiary/aromatic N) is 1. The molecule has 1 atom stereocenters. The third-order valence-corrected chi connectivity index (χ3v) is 6.34. The second kappa shape index (κ2) is 10.0. The highest BCUT2D eigenvalue weighted by molar-refractivity contribution is 7.99. The predicted molar refractivity (Wildman–Crippen MR) is 118 cm³/mol. The molecule has 0 radical (unpaired) electrons. The number of carbonyl (C=O) groups is 1. The summed E-state index contributed by atoms with van der Waals surface area (Å²) in [7, 11) is -0.837. The van der Waals surface area contributed by atoms with E-state index in [1.165, 1.54) is 25.3 Å². The molecule has 9 nitrogen and oxygen atoms in total. The van der Waals surface area contributed by atoms with Crippen LogP contribution in [0.15, 0.2) is 57.0 Å². The number of benzene rings is 2. The summed E-state index contributed by atoms with van der Waals surface area (Å²) in [4.78, 5) is 16.3. The molecule has 1 aromatic heterocycles. The Kier molecular flexibility index (Phi) is 7.42. The number of anilines is 1. The number of sulfonamides is 1. The molecule has 2 aromatic carbocycles. The van der Waals surface area contributed by atoms with Crippen LogP contribution in [-0.4, -0.2) is 51.9 Å². The maximum Gasteiger partial charge on any atom is 0.262 e. The molecular weight excluding hydrogens is 442 g/mol. The fraction of sp³-hybridized carbons (Fsp3) is 0.300. The van der Waals surface area contributed by atoms with Gasteiger partial charge in [-0.3, -0.25) is 9.52 Å². The van der Waals surface area contributed by atoms with Crippen LogP contribution in [0.25, 0.3) is 11.1 Å². The zero-order valence-corrected chi connectivity index (χ0v) is 18.9. The van der Waals surface area contributed by atoms with Gasteiger partial charge in [0.15, 0.2) is 5.58 Å². The van der Waals surface area contributed by atoms with Gasteiger partial charge < -0.3 is 19.2 Å². The van der Waals surface area contributed by atoms with Gasteiger partial charge in [-0.25, -0.2) is 13.4 Å². The van der Waals surface area contributed by atoms with Gasteiger partial charge in [0.1, 0.15) is 11.3 Å². The van der Waals surface area contributed by atoms with Crippen molar-refractivity contribution in [3.05, 3.63) is 42.5 Å². The van der Waals surface area contributed by atoms with Crippen molar-refractivity contribution in [2.24, 2.45) is 0 Å². The van der Waals surface area contributed by atoms with Gasteiger partial charge in [0, 0.05) is 13.2 Å². The number of para-hydroxylation sites is 2. The number of ether oxygens (including phenoxy) is 2. The topological polar surface area (TPSA) is 120 Å². The summed E-state index contributed by atoms with van der Waals surface area (Å²) >= 11 is 1.12. The highest BCUT2D eigenvalue weighted by Gasteiger charge is 2.19. The number of fused-ring (bicyclic) bond motifs is 1. The van der Waals surface area contributed by atoms with E-state index in [2.05, 4.69) is 15.0 Å². The number of hydrogen-bond donors (Lipinski definition) is 2. The second-order valence-electron chi connectivity index (χ2n) is 6.63. The van der Waals surface area contributed by atoms with Crippen LogP contribution in [-0.2, 0) is 19.6 Å². The van der Waals surface area contributed by atoms with Crippen molar-refractivity contribution in [3.8, 4) is 5.75 Å². The van der Waals surface area contributed by atoms with Gasteiger partial charge in [-0.2, -0.15) is 0 Å². The zero-order chi connectivity index (χ0) is 22.4. The van der Waals surface area contributed by atoms with Gasteiger partial charge >= 0.3 is 0 Å². The van der Waals surface area contributed by atoms with Crippen LogP contribution in [0.2, 0.25) is 0 Å². The Morgan fingerprint density at radius 1 is 1.23 bits per heavy atom. The first-order chi connectivity index (χ1) is 14.8. The number of carbonyl (C=O) groups excluding carboxylic acids is 1. The molecular formula is C20H23N3O6S2. The Balaban J connectivity index is 1.72. The van der Waals surface area contributed by atoms with E-state index in [9.17, 15) is 13.2 Å². The number of nitrogens with one attached hydrogen (secondary N) is 2. The third-order valence-electron chi connectivity index (χ3n) is 4.15. The highest BCUT2D eigenvalue weighted by atomic mass is 32.2. The molecule has 0 aliphatic heterocycles. The van der Waals surface area contributed by atoms with Crippen molar-refractivity contribution in [1.29, 1.82) is 0 Å². The van der Waals surface area contributed by atoms with Crippen molar-refractivity contribution in [1.82, 2.24) is 10.3 Å². The first kappa shape index (κ1) is 22.9. The maximum absolute atomic E-state index is 12.8. The molecule has 0 bridgehead atoms. The molecule has 1 amide bonds. The van der Waals surface area contributed by atoms with Gasteiger partial charge in [0.25, 0.3) is 15.2 Å². The first-order valence-corrected chi connectivity index (χ1v) is 11.8. The average Bonchev–Trinajstić information content (AvgIpc) is 3.15. The number of amides is 1. The van der Waals surface area contributed by atoms with E-state index in [1.54, 1.807) is 31.4 Å². The van der Waals surface area contributed by atoms with Crippen molar-refractivity contribution in [2.45, 2.75) is 23.1 Å². The Morgan fingerprint density at radius 3 is 2.74 bits per heavy atom. The lowest BCUT2D eigenvalue weighted by Crippen LogP contribution is -2.36. The maximum atomic E-state index is 12.8. The number of rotatable bonds is 10. The predicted octanol–water partition coefficient (Wildman–Crippen LogP) is 2.88. The van der Waals surface area contributed by atoms with E-state index >= 15 is 0 Å². The number of hydrogen-bond acceptors (Lipinski definition) is 8. The minimum Gasteiger partial charge on any atom is -0.495 e. The molecule has 3 rings (SSSR count). The lowest BCUT2D eigenvalue weighted by Gasteiger charge is -2.11. The molecule has 0 saturated carbocycles. The quantitative estimate of drug-likeness (QED) is 0.439. The van der Waals surface area contributed by atoms with Gasteiger partial charge in [-0.15, -0.1) is 0 Å². The van der Waals surface area contributed by atoms with Gasteiger partial charge in [-0.05, 0) is 37.3 Å². The molecule has 1 unspecified atom stereocenters. The number of oxazole rings is 1. The van der Waals surface area contributed by atoms with Crippen molar-refractivity contribution in [2.75, 3.05) is 31.3 Å². The van der Waals surface area contributed by atoms with E-state index in [-0.39, 0.29) is 27.8 Å². The van der Waals surface area contributed by atoms with E-state index in [0.29, 0.717) is 29.1 Å². The second-order valence-corrected chi connectivity index (χ2v) is 9.24. The third kappa shape index (κ3) is 5.90. The standard InChI is InChI=1S/C20H23N3O6S2/c1-13(11-27-2)21-19(24)12-30-20-22-16-10-14(8-9-18(16)29-20)31(25,26)23-15-6-4-5-7-17(15)28-3/h4-10,13,23H,11-12H2,1-3H3,(H,21,24). The molecule has 31 heavy (non-hydrogen) atoms. The van der Waals surface area contributed by atoms with Crippen LogP contribution < -0.4 is 14.8 Å². The summed E-state index contributed by atoms with van der Waals surface area (Å²) in [5.74, 6) is 0.341. The fourth-order valence-corrected chi connectivity index (χ4v) is 4.52. The van der Waals surface area contributed by atoms with Crippen molar-refractivity contribution in [3.63, 3.8) is 0 Å². The Bertz CT molecular complexity index is 1160. The highest BCUT2D eigenvalue weighted by Crippen LogP contribution is 2.29. The Hall–Kier alpha value is -2.76. The smallest absolute Gasteiger partial charge is 0.262 e. The van der Waals surface area contributed by atoms with Gasteiger partial charge in [0.2, 0.25) is 5.91 Å². The van der Waals surface area contributed by atoms with Gasteiger partial charge in [-0.1, -0.05) is 23.9 Å². The van der Waals surface area contributed by atoms with Gasteiger partial charge in [0.05, 0.1) is 30.1 Å². The molecule has 1 heterocycles. The molecule has 0 fully saturated rings. The monoisotopic (exact) mass is 465 g/mol. The minimum absolute atomic E-state index is 0.0295. The van der Waals surface area contributed by atoms with Crippen LogP contribution in [0, 0.1) is 0 Å². The SMILES string of the molecule is COCC(C)NC(=O)CSc1nc2cc(S(=O)(=O)Nc3ccccc3OC)ccc2o1. The molecule has 3 aromatic rings. The molecule has 2 N–H and O–H groups in total. The van der Waals surface area contributed by atoms with Crippen LogP contribution in [0.5, 0.6) is 5.75 Å². The van der Waals surface area contributed by atoms with Crippen molar-refractivity contribution >= 4 is 44.5 Å². The first-order valence-electron chi connectivity index (χ1n) is 9.30. The van der Waals surface area contributed by atoms with Crippen LogP contribution in [0.1, 0.15) is 6.92 Å². The number of thioether (sulfide) groups is 1. The molecule has 11 heteroatoms. The summed E-state index contributed by atoms with van der Waals surface area (Å²) in [6.45, 7) is 2.26. The van der Waals surface area contributed by atoms with Crippen LogP contribution in [0.4, 0.5) is 5.69 Å². The molecule has 166 valence electrons. The Morgan fingerprint density at radius 2 is 2.00 bits per heavy atom. The zero-order valence-electron chi connectivity index (χ0n) is 17.2. The van der Waals surface area contributed by atoms with E-state index in [0.717, 1.165) is 11.8 Å². The number of aromatic nitrogens is 1.